The minimum Gasteiger partial charge on any atom is -0.469 e. The second-order valence-electron chi connectivity index (χ2n) is 5.27. The van der Waals surface area contributed by atoms with Gasteiger partial charge in [-0.05, 0) is 36.8 Å². The van der Waals surface area contributed by atoms with Gasteiger partial charge in [0.05, 0.1) is 23.3 Å². The fourth-order valence-corrected chi connectivity index (χ4v) is 3.35. The molecule has 1 aromatic rings. The Morgan fingerprint density at radius 2 is 2.20 bits per heavy atom. The molecule has 20 heavy (non-hydrogen) atoms. The summed E-state index contributed by atoms with van der Waals surface area (Å²) in [6.45, 7) is 1.83. The molecule has 0 spiro atoms. The van der Waals surface area contributed by atoms with Crippen molar-refractivity contribution in [1.29, 1.82) is 0 Å². The molecule has 1 saturated carbocycles. The van der Waals surface area contributed by atoms with E-state index in [9.17, 15) is 14.9 Å². The molecule has 0 atom stereocenters. The van der Waals surface area contributed by atoms with Crippen molar-refractivity contribution in [2.75, 3.05) is 12.9 Å². The number of hydrogen-bond acceptors (Lipinski definition) is 5. The van der Waals surface area contributed by atoms with Crippen molar-refractivity contribution in [3.63, 3.8) is 0 Å². The first-order valence-electron chi connectivity index (χ1n) is 6.40. The van der Waals surface area contributed by atoms with Crippen LogP contribution in [-0.2, 0) is 9.53 Å². The molecule has 1 aliphatic carbocycles. The summed E-state index contributed by atoms with van der Waals surface area (Å²) in [6.07, 6.45) is 2.36. The van der Waals surface area contributed by atoms with E-state index in [1.54, 1.807) is 12.1 Å². The molecule has 5 nitrogen and oxygen atoms in total. The minimum atomic E-state index is -0.352. The first-order valence-corrected chi connectivity index (χ1v) is 7.39. The van der Waals surface area contributed by atoms with Crippen LogP contribution in [0.15, 0.2) is 23.1 Å². The SMILES string of the molecule is COC(=O)CC1(CSc2ccc(C)cc2[N+](=O)[O-])CC1. The second kappa shape index (κ2) is 5.83. The maximum absolute atomic E-state index is 11.4. The highest BCUT2D eigenvalue weighted by Gasteiger charge is 2.44. The van der Waals surface area contributed by atoms with Gasteiger partial charge in [0.2, 0.25) is 0 Å². The maximum Gasteiger partial charge on any atom is 0.306 e. The zero-order valence-electron chi connectivity index (χ0n) is 11.5. The van der Waals surface area contributed by atoms with E-state index in [1.165, 1.54) is 18.9 Å². The van der Waals surface area contributed by atoms with E-state index in [4.69, 9.17) is 4.74 Å². The summed E-state index contributed by atoms with van der Waals surface area (Å²) in [6, 6.07) is 5.24. The third-order valence-electron chi connectivity index (χ3n) is 3.55. The van der Waals surface area contributed by atoms with Gasteiger partial charge in [0.25, 0.3) is 5.69 Å². The number of hydrogen-bond donors (Lipinski definition) is 0. The largest absolute Gasteiger partial charge is 0.469 e. The highest BCUT2D eigenvalue weighted by atomic mass is 32.2. The normalized spacial score (nSPS) is 15.7. The smallest absolute Gasteiger partial charge is 0.306 e. The van der Waals surface area contributed by atoms with Crippen molar-refractivity contribution in [3.8, 4) is 0 Å². The first-order chi connectivity index (χ1) is 9.46. The molecule has 0 aliphatic heterocycles. The van der Waals surface area contributed by atoms with Gasteiger partial charge in [-0.25, -0.2) is 0 Å². The zero-order valence-corrected chi connectivity index (χ0v) is 12.4. The summed E-state index contributed by atoms with van der Waals surface area (Å²) >= 11 is 1.46. The number of carbonyl (C=O) groups is 1. The van der Waals surface area contributed by atoms with Crippen molar-refractivity contribution >= 4 is 23.4 Å². The Hall–Kier alpha value is -1.56. The van der Waals surface area contributed by atoms with E-state index in [-0.39, 0.29) is 22.0 Å². The topological polar surface area (TPSA) is 69.4 Å². The summed E-state index contributed by atoms with van der Waals surface area (Å²) in [4.78, 5) is 22.7. The Morgan fingerprint density at radius 1 is 1.50 bits per heavy atom. The zero-order chi connectivity index (χ0) is 14.8. The fraction of sp³-hybridized carbons (Fsp3) is 0.500. The number of nitro groups is 1. The number of aryl methyl sites for hydroxylation is 1. The average Bonchev–Trinajstić information content (AvgIpc) is 3.17. The Kier molecular flexibility index (Phi) is 4.32. The van der Waals surface area contributed by atoms with Crippen molar-refractivity contribution in [2.24, 2.45) is 5.41 Å². The minimum absolute atomic E-state index is 0.0312. The van der Waals surface area contributed by atoms with Crippen LogP contribution in [0, 0.1) is 22.5 Å². The molecule has 0 bridgehead atoms. The number of esters is 1. The van der Waals surface area contributed by atoms with Crippen LogP contribution in [0.4, 0.5) is 5.69 Å². The Bertz CT molecular complexity index is 540. The average molecular weight is 295 g/mol. The number of nitrogens with zero attached hydrogens (tertiary/aromatic N) is 1. The van der Waals surface area contributed by atoms with Crippen LogP contribution >= 0.6 is 11.8 Å². The monoisotopic (exact) mass is 295 g/mol. The lowest BCUT2D eigenvalue weighted by molar-refractivity contribution is -0.387. The second-order valence-corrected chi connectivity index (χ2v) is 6.29. The molecule has 6 heteroatoms. The predicted molar refractivity (Wildman–Crippen MR) is 76.9 cm³/mol. The maximum atomic E-state index is 11.4. The molecule has 0 radical (unpaired) electrons. The summed E-state index contributed by atoms with van der Waals surface area (Å²) < 4.78 is 4.70. The lowest BCUT2D eigenvalue weighted by Gasteiger charge is -2.13. The van der Waals surface area contributed by atoms with Gasteiger partial charge >= 0.3 is 5.97 Å². The molecule has 1 aliphatic rings. The van der Waals surface area contributed by atoms with Crippen LogP contribution in [0.2, 0.25) is 0 Å². The molecule has 0 saturated heterocycles. The van der Waals surface area contributed by atoms with Crippen LogP contribution in [0.3, 0.4) is 0 Å². The third-order valence-corrected chi connectivity index (χ3v) is 4.96. The van der Waals surface area contributed by atoms with E-state index in [0.29, 0.717) is 17.1 Å². The Morgan fingerprint density at radius 3 is 2.75 bits per heavy atom. The van der Waals surface area contributed by atoms with Crippen LogP contribution in [0.1, 0.15) is 24.8 Å². The van der Waals surface area contributed by atoms with Crippen LogP contribution in [0.25, 0.3) is 0 Å². The van der Waals surface area contributed by atoms with Gasteiger partial charge < -0.3 is 4.74 Å². The lowest BCUT2D eigenvalue weighted by atomic mass is 10.1. The first kappa shape index (κ1) is 14.8. The molecule has 0 heterocycles. The number of methoxy groups -OCH3 is 1. The summed E-state index contributed by atoms with van der Waals surface area (Å²) in [5.41, 5.74) is 0.983. The van der Waals surface area contributed by atoms with E-state index >= 15 is 0 Å². The molecular formula is C14H17NO4S. The number of thioether (sulfide) groups is 1. The molecule has 0 N–H and O–H groups in total. The quantitative estimate of drug-likeness (QED) is 0.348. The van der Waals surface area contributed by atoms with Crippen molar-refractivity contribution in [2.45, 2.75) is 31.1 Å². The summed E-state index contributed by atoms with van der Waals surface area (Å²) in [5, 5.41) is 11.1. The molecule has 0 amide bonds. The van der Waals surface area contributed by atoms with Crippen molar-refractivity contribution in [1.82, 2.24) is 0 Å². The predicted octanol–water partition coefficient (Wildman–Crippen LogP) is 3.34. The van der Waals surface area contributed by atoms with Gasteiger partial charge in [0, 0.05) is 11.8 Å². The van der Waals surface area contributed by atoms with Gasteiger partial charge in [-0.2, -0.15) is 0 Å². The Labute approximate surface area is 121 Å². The van der Waals surface area contributed by atoms with E-state index in [2.05, 4.69) is 0 Å². The third kappa shape index (κ3) is 3.50. The van der Waals surface area contributed by atoms with E-state index < -0.39 is 0 Å². The Balaban J connectivity index is 2.04. The van der Waals surface area contributed by atoms with Gasteiger partial charge in [0.1, 0.15) is 0 Å². The number of carbonyl (C=O) groups excluding carboxylic acids is 1. The fourth-order valence-electron chi connectivity index (χ4n) is 2.05. The molecule has 0 unspecified atom stereocenters. The molecule has 2 rings (SSSR count). The standard InChI is InChI=1S/C14H17NO4S/c1-10-3-4-12(11(7-10)15(17)18)20-9-14(5-6-14)8-13(16)19-2/h3-4,7H,5-6,8-9H2,1-2H3. The molecule has 1 aromatic carbocycles. The van der Waals surface area contributed by atoms with Gasteiger partial charge in [-0.1, -0.05) is 6.07 Å². The number of ether oxygens (including phenoxy) is 1. The number of nitro benzene ring substituents is 1. The van der Waals surface area contributed by atoms with Crippen molar-refractivity contribution in [3.05, 3.63) is 33.9 Å². The highest BCUT2D eigenvalue weighted by molar-refractivity contribution is 7.99. The molecule has 108 valence electrons. The van der Waals surface area contributed by atoms with E-state index in [0.717, 1.165) is 18.4 Å². The van der Waals surface area contributed by atoms with Gasteiger partial charge in [0.15, 0.2) is 0 Å². The van der Waals surface area contributed by atoms with Gasteiger partial charge in [-0.3, -0.25) is 14.9 Å². The molecule has 1 fully saturated rings. The van der Waals surface area contributed by atoms with Crippen LogP contribution in [0.5, 0.6) is 0 Å². The molecule has 0 aromatic heterocycles. The summed E-state index contributed by atoms with van der Waals surface area (Å²) in [5.74, 6) is 0.507. The summed E-state index contributed by atoms with van der Waals surface area (Å²) in [7, 11) is 1.39. The van der Waals surface area contributed by atoms with E-state index in [1.807, 2.05) is 13.0 Å². The number of rotatable bonds is 6. The number of benzene rings is 1. The van der Waals surface area contributed by atoms with Crippen LogP contribution < -0.4 is 0 Å². The van der Waals surface area contributed by atoms with Gasteiger partial charge in [-0.15, -0.1) is 11.8 Å². The van der Waals surface area contributed by atoms with Crippen molar-refractivity contribution < 1.29 is 14.5 Å². The molecular weight excluding hydrogens is 278 g/mol. The van der Waals surface area contributed by atoms with Crippen LogP contribution in [-0.4, -0.2) is 23.8 Å². The highest BCUT2D eigenvalue weighted by Crippen LogP contribution is 2.52. The lowest BCUT2D eigenvalue weighted by Crippen LogP contribution is -2.13.